The summed E-state index contributed by atoms with van der Waals surface area (Å²) >= 11 is 0. The first-order valence-corrected chi connectivity index (χ1v) is 13.4. The van der Waals surface area contributed by atoms with E-state index < -0.39 is 32.0 Å². The van der Waals surface area contributed by atoms with Crippen LogP contribution in [0.5, 0.6) is 0 Å². The lowest BCUT2D eigenvalue weighted by Gasteiger charge is -2.26. The molecule has 0 spiro atoms. The number of hydrogen-bond donors (Lipinski definition) is 1. The molecule has 1 unspecified atom stereocenters. The minimum absolute atomic E-state index is 0.0140. The van der Waals surface area contributed by atoms with Crippen LogP contribution in [0.1, 0.15) is 24.3 Å². The van der Waals surface area contributed by atoms with Gasteiger partial charge in [-0.1, -0.05) is 5.16 Å². The Balaban J connectivity index is 1.49. The number of sulfonamides is 2. The molecule has 1 aromatic heterocycles. The molecule has 1 aromatic carbocycles. The number of carbonyl (C=O) groups is 1. The second-order valence-electron chi connectivity index (χ2n) is 7.96. The quantitative estimate of drug-likeness (QED) is 0.625. The molecule has 2 fully saturated rings. The summed E-state index contributed by atoms with van der Waals surface area (Å²) in [6.45, 7) is 4.55. The summed E-state index contributed by atoms with van der Waals surface area (Å²) in [6.07, 6.45) is 0.912. The number of aryl methyl sites for hydroxylation is 2. The maximum absolute atomic E-state index is 13.2. The third-order valence-corrected chi connectivity index (χ3v) is 9.84. The normalized spacial score (nSPS) is 20.7. The van der Waals surface area contributed by atoms with Gasteiger partial charge in [0.2, 0.25) is 26.0 Å². The van der Waals surface area contributed by atoms with Crippen molar-refractivity contribution < 1.29 is 30.9 Å². The second kappa shape index (κ2) is 9.14. The molecule has 0 radical (unpaired) electrons. The van der Waals surface area contributed by atoms with Crippen molar-refractivity contribution in [1.29, 1.82) is 0 Å². The van der Waals surface area contributed by atoms with Gasteiger partial charge in [0.1, 0.15) is 16.6 Å². The first-order chi connectivity index (χ1) is 15.6. The summed E-state index contributed by atoms with van der Waals surface area (Å²) in [5, 5.41) is 6.42. The van der Waals surface area contributed by atoms with Crippen LogP contribution < -0.4 is 5.32 Å². The largest absolute Gasteiger partial charge is 0.379 e. The third-order valence-electron chi connectivity index (χ3n) is 5.77. The topological polar surface area (TPSA) is 139 Å². The number of morpholine rings is 1. The van der Waals surface area contributed by atoms with Gasteiger partial charge < -0.3 is 14.6 Å². The third kappa shape index (κ3) is 4.55. The lowest BCUT2D eigenvalue weighted by molar-refractivity contribution is -0.119. The molecule has 1 N–H and O–H groups in total. The Morgan fingerprint density at radius 2 is 1.70 bits per heavy atom. The predicted molar refractivity (Wildman–Crippen MR) is 118 cm³/mol. The molecule has 0 saturated carbocycles. The lowest BCUT2D eigenvalue weighted by Crippen LogP contribution is -2.43. The number of rotatable bonds is 6. The Morgan fingerprint density at radius 1 is 1.03 bits per heavy atom. The van der Waals surface area contributed by atoms with Gasteiger partial charge in [0, 0.05) is 25.3 Å². The van der Waals surface area contributed by atoms with Gasteiger partial charge in [0.15, 0.2) is 5.76 Å². The van der Waals surface area contributed by atoms with Gasteiger partial charge in [-0.05, 0) is 51.0 Å². The monoisotopic (exact) mass is 498 g/mol. The van der Waals surface area contributed by atoms with Crippen molar-refractivity contribution in [1.82, 2.24) is 13.8 Å². The van der Waals surface area contributed by atoms with Crippen molar-refractivity contribution in [2.75, 3.05) is 38.2 Å². The summed E-state index contributed by atoms with van der Waals surface area (Å²) < 4.78 is 64.6. The van der Waals surface area contributed by atoms with Crippen LogP contribution in [-0.4, -0.2) is 75.4 Å². The first kappa shape index (κ1) is 23.8. The number of anilines is 1. The number of carbonyl (C=O) groups excluding carboxylic acids is 1. The number of nitrogens with one attached hydrogen (secondary N) is 1. The molecular weight excluding hydrogens is 472 g/mol. The summed E-state index contributed by atoms with van der Waals surface area (Å²) in [5.41, 5.74) is 0.623. The van der Waals surface area contributed by atoms with E-state index in [1.807, 2.05) is 0 Å². The van der Waals surface area contributed by atoms with Crippen LogP contribution in [0.2, 0.25) is 0 Å². The van der Waals surface area contributed by atoms with Crippen LogP contribution in [0.3, 0.4) is 0 Å². The highest BCUT2D eigenvalue weighted by atomic mass is 32.2. The molecule has 2 aromatic rings. The standard InChI is InChI=1S/C20H26N4O7S2/c1-14-19(15(2)31-22-14)33(28,29)24-9-3-4-18(24)20(25)21-16-5-7-17(8-6-16)32(26,27)23-10-12-30-13-11-23/h5-8,18H,3-4,9-13H2,1-2H3,(H,21,25). The molecule has 1 atom stereocenters. The molecule has 180 valence electrons. The number of amides is 1. The number of aromatic nitrogens is 1. The summed E-state index contributed by atoms with van der Waals surface area (Å²) in [5.74, 6) is -0.303. The zero-order valence-corrected chi connectivity index (χ0v) is 20.0. The van der Waals surface area contributed by atoms with E-state index >= 15 is 0 Å². The van der Waals surface area contributed by atoms with Gasteiger partial charge in [-0.2, -0.15) is 8.61 Å². The molecule has 2 saturated heterocycles. The van der Waals surface area contributed by atoms with Gasteiger partial charge in [0.05, 0.1) is 18.1 Å². The minimum atomic E-state index is -3.96. The highest BCUT2D eigenvalue weighted by Crippen LogP contribution is 2.30. The summed E-state index contributed by atoms with van der Waals surface area (Å²) in [7, 11) is -7.61. The minimum Gasteiger partial charge on any atom is -0.379 e. The molecule has 2 aliphatic rings. The molecule has 11 nitrogen and oxygen atoms in total. The highest BCUT2D eigenvalue weighted by Gasteiger charge is 2.42. The smallest absolute Gasteiger partial charge is 0.249 e. The maximum atomic E-state index is 13.2. The number of ether oxygens (including phenoxy) is 1. The van der Waals surface area contributed by atoms with Gasteiger partial charge in [-0.3, -0.25) is 4.79 Å². The Kier molecular flexibility index (Phi) is 6.60. The molecule has 0 bridgehead atoms. The molecule has 2 aliphatic heterocycles. The number of benzene rings is 1. The van der Waals surface area contributed by atoms with Crippen LogP contribution >= 0.6 is 0 Å². The molecular formula is C20H26N4O7S2. The van der Waals surface area contributed by atoms with Gasteiger partial charge in [0.25, 0.3) is 0 Å². The van der Waals surface area contributed by atoms with Crippen molar-refractivity contribution >= 4 is 31.6 Å². The number of nitrogens with zero attached hydrogens (tertiary/aromatic N) is 3. The Hall–Kier alpha value is -2.32. The van der Waals surface area contributed by atoms with E-state index in [-0.39, 0.29) is 40.9 Å². The van der Waals surface area contributed by atoms with Crippen LogP contribution in [-0.2, 0) is 29.6 Å². The second-order valence-corrected chi connectivity index (χ2v) is 11.7. The fraction of sp³-hybridized carbons (Fsp3) is 0.500. The predicted octanol–water partition coefficient (Wildman–Crippen LogP) is 1.10. The molecule has 4 rings (SSSR count). The van der Waals surface area contributed by atoms with E-state index in [1.54, 1.807) is 6.92 Å². The van der Waals surface area contributed by atoms with Crippen LogP contribution in [0.15, 0.2) is 38.6 Å². The van der Waals surface area contributed by atoms with Gasteiger partial charge >= 0.3 is 0 Å². The van der Waals surface area contributed by atoms with E-state index in [4.69, 9.17) is 9.26 Å². The zero-order chi connectivity index (χ0) is 23.8. The number of hydrogen-bond acceptors (Lipinski definition) is 8. The van der Waals surface area contributed by atoms with Crippen molar-refractivity contribution in [3.8, 4) is 0 Å². The Morgan fingerprint density at radius 3 is 2.30 bits per heavy atom. The zero-order valence-electron chi connectivity index (χ0n) is 18.4. The summed E-state index contributed by atoms with van der Waals surface area (Å²) in [6, 6.07) is 4.95. The molecule has 3 heterocycles. The van der Waals surface area contributed by atoms with Crippen LogP contribution in [0.4, 0.5) is 5.69 Å². The van der Waals surface area contributed by atoms with Gasteiger partial charge in [-0.25, -0.2) is 16.8 Å². The van der Waals surface area contributed by atoms with E-state index in [0.717, 1.165) is 0 Å². The average molecular weight is 499 g/mol. The molecule has 33 heavy (non-hydrogen) atoms. The van der Waals surface area contributed by atoms with E-state index in [9.17, 15) is 21.6 Å². The van der Waals surface area contributed by atoms with Crippen molar-refractivity contribution in [2.45, 2.75) is 42.5 Å². The average Bonchev–Trinajstić information content (AvgIpc) is 3.42. The van der Waals surface area contributed by atoms with E-state index in [2.05, 4.69) is 10.5 Å². The fourth-order valence-corrected chi connectivity index (χ4v) is 7.48. The van der Waals surface area contributed by atoms with E-state index in [0.29, 0.717) is 31.7 Å². The van der Waals surface area contributed by atoms with Crippen LogP contribution in [0, 0.1) is 13.8 Å². The van der Waals surface area contributed by atoms with Crippen molar-refractivity contribution in [3.63, 3.8) is 0 Å². The maximum Gasteiger partial charge on any atom is 0.249 e. The Bertz CT molecular complexity index is 1210. The Labute approximate surface area is 192 Å². The van der Waals surface area contributed by atoms with E-state index in [1.165, 1.54) is 39.8 Å². The molecule has 13 heteroatoms. The van der Waals surface area contributed by atoms with Gasteiger partial charge in [-0.15, -0.1) is 0 Å². The van der Waals surface area contributed by atoms with Crippen molar-refractivity contribution in [3.05, 3.63) is 35.7 Å². The van der Waals surface area contributed by atoms with Crippen LogP contribution in [0.25, 0.3) is 0 Å². The van der Waals surface area contributed by atoms with Crippen molar-refractivity contribution in [2.24, 2.45) is 0 Å². The molecule has 0 aliphatic carbocycles. The molecule has 1 amide bonds. The highest BCUT2D eigenvalue weighted by molar-refractivity contribution is 7.89. The SMILES string of the molecule is Cc1noc(C)c1S(=O)(=O)N1CCCC1C(=O)Nc1ccc(S(=O)(=O)N2CCOCC2)cc1. The summed E-state index contributed by atoms with van der Waals surface area (Å²) in [4.78, 5) is 13.0. The fourth-order valence-electron chi connectivity index (χ4n) is 4.12. The first-order valence-electron chi connectivity index (χ1n) is 10.6. The lowest BCUT2D eigenvalue weighted by atomic mass is 10.2.